The highest BCUT2D eigenvalue weighted by atomic mass is 16.3. The minimum Gasteiger partial charge on any atom is -0.392 e. The van der Waals surface area contributed by atoms with Crippen molar-refractivity contribution in [2.24, 2.45) is 0 Å². The van der Waals surface area contributed by atoms with Crippen LogP contribution in [0.3, 0.4) is 0 Å². The topological polar surface area (TPSA) is 50.1 Å². The predicted molar refractivity (Wildman–Crippen MR) is 95.9 cm³/mol. The normalized spacial score (nSPS) is 13.6. The van der Waals surface area contributed by atoms with Crippen molar-refractivity contribution in [1.82, 2.24) is 14.9 Å². The fourth-order valence-corrected chi connectivity index (χ4v) is 2.88. The number of hydrogen-bond acceptors (Lipinski definition) is 3. The summed E-state index contributed by atoms with van der Waals surface area (Å²) in [5, 5.41) is 12.9. The van der Waals surface area contributed by atoms with Crippen molar-refractivity contribution in [3.63, 3.8) is 0 Å². The van der Waals surface area contributed by atoms with Crippen LogP contribution in [0, 0.1) is 0 Å². The second-order valence-electron chi connectivity index (χ2n) is 6.07. The molecule has 2 aromatic carbocycles. The summed E-state index contributed by atoms with van der Waals surface area (Å²) in [4.78, 5) is 4.08. The average molecular weight is 321 g/mol. The van der Waals surface area contributed by atoms with Gasteiger partial charge in [0.2, 0.25) is 0 Å². The van der Waals surface area contributed by atoms with Crippen molar-refractivity contribution in [2.75, 3.05) is 0 Å². The third kappa shape index (κ3) is 3.72. The van der Waals surface area contributed by atoms with Gasteiger partial charge in [0.15, 0.2) is 0 Å². The largest absolute Gasteiger partial charge is 0.392 e. The molecular weight excluding hydrogens is 298 g/mol. The Morgan fingerprint density at radius 1 is 1.04 bits per heavy atom. The molecule has 4 nitrogen and oxygen atoms in total. The molecule has 0 radical (unpaired) electrons. The third-order valence-electron chi connectivity index (χ3n) is 4.33. The van der Waals surface area contributed by atoms with Crippen LogP contribution in [0.25, 0.3) is 5.69 Å². The summed E-state index contributed by atoms with van der Waals surface area (Å²) in [6.45, 7) is 4.39. The Hall–Kier alpha value is -2.43. The number of nitrogens with one attached hydrogen (secondary N) is 1. The zero-order valence-electron chi connectivity index (χ0n) is 14.1. The average Bonchev–Trinajstić information content (AvgIpc) is 3.16. The lowest BCUT2D eigenvalue weighted by atomic mass is 10.0. The van der Waals surface area contributed by atoms with E-state index in [1.54, 1.807) is 12.5 Å². The molecule has 0 bridgehead atoms. The van der Waals surface area contributed by atoms with E-state index in [-0.39, 0.29) is 18.7 Å². The molecule has 2 unspecified atom stereocenters. The standard InChI is InChI=1S/C20H23N3O/c1-15(22-16(2)19-5-3-4-17(12-19)13-24)18-6-8-20(9-7-18)23-11-10-21-14-23/h3-12,14-16,22,24H,13H2,1-2H3. The summed E-state index contributed by atoms with van der Waals surface area (Å²) < 4.78 is 1.99. The molecule has 0 aliphatic carbocycles. The molecule has 2 atom stereocenters. The molecule has 1 aromatic heterocycles. The quantitative estimate of drug-likeness (QED) is 0.726. The monoisotopic (exact) mass is 321 g/mol. The number of aromatic nitrogens is 2. The molecular formula is C20H23N3O. The van der Waals surface area contributed by atoms with E-state index < -0.39 is 0 Å². The van der Waals surface area contributed by atoms with Crippen molar-refractivity contribution >= 4 is 0 Å². The van der Waals surface area contributed by atoms with Crippen LogP contribution < -0.4 is 5.32 Å². The lowest BCUT2D eigenvalue weighted by Gasteiger charge is -2.21. The van der Waals surface area contributed by atoms with Gasteiger partial charge in [-0.25, -0.2) is 4.98 Å². The van der Waals surface area contributed by atoms with E-state index in [4.69, 9.17) is 0 Å². The van der Waals surface area contributed by atoms with Gasteiger partial charge in [0, 0.05) is 30.2 Å². The Kier molecular flexibility index (Phi) is 5.08. The van der Waals surface area contributed by atoms with Crippen LogP contribution in [0.1, 0.15) is 42.6 Å². The lowest BCUT2D eigenvalue weighted by molar-refractivity contribution is 0.281. The number of rotatable bonds is 6. The Labute approximate surface area is 142 Å². The van der Waals surface area contributed by atoms with Crippen LogP contribution in [0.2, 0.25) is 0 Å². The van der Waals surface area contributed by atoms with E-state index >= 15 is 0 Å². The fraction of sp³-hybridized carbons (Fsp3) is 0.250. The van der Waals surface area contributed by atoms with Gasteiger partial charge in [0.05, 0.1) is 12.9 Å². The molecule has 2 N–H and O–H groups in total. The smallest absolute Gasteiger partial charge is 0.0991 e. The van der Waals surface area contributed by atoms with Gasteiger partial charge >= 0.3 is 0 Å². The molecule has 0 aliphatic heterocycles. The maximum atomic E-state index is 9.28. The first-order valence-corrected chi connectivity index (χ1v) is 8.21. The van der Waals surface area contributed by atoms with Crippen LogP contribution in [-0.2, 0) is 6.61 Å². The summed E-state index contributed by atoms with van der Waals surface area (Å²) in [6, 6.07) is 17.0. The molecule has 24 heavy (non-hydrogen) atoms. The highest BCUT2D eigenvalue weighted by Gasteiger charge is 2.11. The number of aliphatic hydroxyl groups is 1. The zero-order valence-corrected chi connectivity index (χ0v) is 14.1. The minimum absolute atomic E-state index is 0.0752. The molecule has 0 saturated carbocycles. The maximum absolute atomic E-state index is 9.28. The molecule has 0 aliphatic rings. The van der Waals surface area contributed by atoms with Crippen LogP contribution in [-0.4, -0.2) is 14.7 Å². The second kappa shape index (κ2) is 7.43. The Morgan fingerprint density at radius 3 is 2.46 bits per heavy atom. The minimum atomic E-state index is 0.0752. The van der Waals surface area contributed by atoms with E-state index in [0.29, 0.717) is 0 Å². The fourth-order valence-electron chi connectivity index (χ4n) is 2.88. The van der Waals surface area contributed by atoms with Crippen molar-refractivity contribution < 1.29 is 5.11 Å². The number of imidazole rings is 1. The van der Waals surface area contributed by atoms with Crippen LogP contribution in [0.15, 0.2) is 67.3 Å². The molecule has 0 spiro atoms. The summed E-state index contributed by atoms with van der Waals surface area (Å²) in [5.41, 5.74) is 4.47. The molecule has 0 fully saturated rings. The van der Waals surface area contributed by atoms with E-state index in [2.05, 4.69) is 54.5 Å². The molecule has 0 saturated heterocycles. The predicted octanol–water partition coefficient (Wildman–Crippen LogP) is 3.78. The van der Waals surface area contributed by atoms with E-state index in [0.717, 1.165) is 11.3 Å². The summed E-state index contributed by atoms with van der Waals surface area (Å²) in [5.74, 6) is 0. The van der Waals surface area contributed by atoms with Crippen LogP contribution in [0.5, 0.6) is 0 Å². The summed E-state index contributed by atoms with van der Waals surface area (Å²) in [7, 11) is 0. The first-order chi connectivity index (χ1) is 11.7. The van der Waals surface area contributed by atoms with Gasteiger partial charge < -0.3 is 15.0 Å². The zero-order chi connectivity index (χ0) is 16.9. The van der Waals surface area contributed by atoms with Crippen LogP contribution >= 0.6 is 0 Å². The molecule has 124 valence electrons. The van der Waals surface area contributed by atoms with Gasteiger partial charge in [0.1, 0.15) is 0 Å². The van der Waals surface area contributed by atoms with Gasteiger partial charge in [-0.2, -0.15) is 0 Å². The van der Waals surface area contributed by atoms with Crippen molar-refractivity contribution in [3.8, 4) is 5.69 Å². The van der Waals surface area contributed by atoms with Gasteiger partial charge in [-0.1, -0.05) is 36.4 Å². The Balaban J connectivity index is 1.68. The van der Waals surface area contributed by atoms with E-state index in [9.17, 15) is 5.11 Å². The molecule has 3 aromatic rings. The summed E-state index contributed by atoms with van der Waals surface area (Å²) >= 11 is 0. The number of nitrogens with zero attached hydrogens (tertiary/aromatic N) is 2. The third-order valence-corrected chi connectivity index (χ3v) is 4.33. The van der Waals surface area contributed by atoms with Crippen molar-refractivity contribution in [3.05, 3.63) is 83.9 Å². The highest BCUT2D eigenvalue weighted by molar-refractivity contribution is 5.35. The molecule has 4 heteroatoms. The van der Waals surface area contributed by atoms with Gasteiger partial charge in [-0.05, 0) is 42.7 Å². The van der Waals surface area contributed by atoms with Crippen LogP contribution in [0.4, 0.5) is 0 Å². The molecule has 3 rings (SSSR count). The van der Waals surface area contributed by atoms with E-state index in [1.807, 2.05) is 29.0 Å². The second-order valence-corrected chi connectivity index (χ2v) is 6.07. The molecule has 1 heterocycles. The SMILES string of the molecule is CC(NC(C)c1cccc(CO)c1)c1ccc(-n2ccnc2)cc1. The van der Waals surface area contributed by atoms with Gasteiger partial charge in [0.25, 0.3) is 0 Å². The van der Waals surface area contributed by atoms with Gasteiger partial charge in [-0.3, -0.25) is 0 Å². The highest BCUT2D eigenvalue weighted by Crippen LogP contribution is 2.21. The summed E-state index contributed by atoms with van der Waals surface area (Å²) in [6.07, 6.45) is 5.51. The first-order valence-electron chi connectivity index (χ1n) is 8.21. The Bertz CT molecular complexity index is 766. The first kappa shape index (κ1) is 16.4. The number of aliphatic hydroxyl groups excluding tert-OH is 1. The van der Waals surface area contributed by atoms with Crippen molar-refractivity contribution in [2.45, 2.75) is 32.5 Å². The number of hydrogen-bond donors (Lipinski definition) is 2. The lowest BCUT2D eigenvalue weighted by Crippen LogP contribution is -2.22. The molecule has 0 amide bonds. The van der Waals surface area contributed by atoms with Gasteiger partial charge in [-0.15, -0.1) is 0 Å². The number of benzene rings is 2. The Morgan fingerprint density at radius 2 is 1.79 bits per heavy atom. The maximum Gasteiger partial charge on any atom is 0.0991 e. The van der Waals surface area contributed by atoms with E-state index in [1.165, 1.54) is 11.1 Å². The van der Waals surface area contributed by atoms with Crippen molar-refractivity contribution in [1.29, 1.82) is 0 Å².